The average Bonchev–Trinajstić information content (AvgIpc) is 2.45. The van der Waals surface area contributed by atoms with Crippen LogP contribution < -0.4 is 0 Å². The Labute approximate surface area is 78.3 Å². The molecule has 68 valence electrons. The number of para-hydroxylation sites is 1. The first kappa shape index (κ1) is 8.47. The summed E-state index contributed by atoms with van der Waals surface area (Å²) in [6.45, 7) is 0. The minimum absolute atomic E-state index is 0.432. The van der Waals surface area contributed by atoms with Crippen molar-refractivity contribution >= 4 is 22.0 Å². The Morgan fingerprint density at radius 3 is 2.69 bits per heavy atom. The van der Waals surface area contributed by atoms with Crippen molar-refractivity contribution < 1.29 is 8.76 Å². The lowest BCUT2D eigenvalue weighted by Gasteiger charge is -1.98. The van der Waals surface area contributed by atoms with Crippen LogP contribution in [0.4, 0.5) is 0 Å². The summed E-state index contributed by atoms with van der Waals surface area (Å²) in [5, 5.41) is 1.42. The summed E-state index contributed by atoms with van der Waals surface area (Å²) < 4.78 is 21.6. The number of rotatable bonds is 1. The van der Waals surface area contributed by atoms with E-state index in [0.717, 1.165) is 10.9 Å². The number of nitrogens with zero attached hydrogens (tertiary/aromatic N) is 1. The van der Waals surface area contributed by atoms with Crippen LogP contribution in [0.15, 0.2) is 35.4 Å². The second kappa shape index (κ2) is 2.97. The molecule has 3 nitrogen and oxygen atoms in total. The van der Waals surface area contributed by atoms with Crippen LogP contribution in [0.3, 0.4) is 0 Å². The zero-order valence-electron chi connectivity index (χ0n) is 7.10. The van der Waals surface area contributed by atoms with Crippen molar-refractivity contribution in [1.29, 1.82) is 0 Å². The van der Waals surface area contributed by atoms with Gasteiger partial charge in [0.2, 0.25) is 11.1 Å². The van der Waals surface area contributed by atoms with Crippen LogP contribution in [0.1, 0.15) is 0 Å². The SMILES string of the molecule is Cn1c(S(=O)O)cc2ccccc21. The number of hydrogen-bond donors (Lipinski definition) is 1. The maximum absolute atomic E-state index is 10.9. The van der Waals surface area contributed by atoms with Crippen LogP contribution >= 0.6 is 0 Å². The molecule has 0 saturated carbocycles. The minimum atomic E-state index is -1.91. The predicted octanol–water partition coefficient (Wildman–Crippen LogP) is 1.76. The fourth-order valence-electron chi connectivity index (χ4n) is 1.43. The third kappa shape index (κ3) is 1.28. The third-order valence-electron chi connectivity index (χ3n) is 2.09. The summed E-state index contributed by atoms with van der Waals surface area (Å²) >= 11 is -1.91. The molecule has 0 bridgehead atoms. The highest BCUT2D eigenvalue weighted by Gasteiger charge is 2.08. The molecule has 1 aromatic heterocycles. The molecule has 1 atom stereocenters. The summed E-state index contributed by atoms with van der Waals surface area (Å²) in [4.78, 5) is 0. The van der Waals surface area contributed by atoms with E-state index >= 15 is 0 Å². The van der Waals surface area contributed by atoms with Crippen LogP contribution in [0.2, 0.25) is 0 Å². The summed E-state index contributed by atoms with van der Waals surface area (Å²) in [5.41, 5.74) is 0.972. The van der Waals surface area contributed by atoms with Gasteiger partial charge in [0.15, 0.2) is 0 Å². The van der Waals surface area contributed by atoms with Crippen LogP contribution in [0, 0.1) is 0 Å². The Bertz CT molecular complexity index is 475. The monoisotopic (exact) mass is 195 g/mol. The first-order valence-electron chi connectivity index (χ1n) is 3.85. The molecule has 0 aliphatic rings. The number of aryl methyl sites for hydroxylation is 1. The van der Waals surface area contributed by atoms with E-state index in [-0.39, 0.29) is 0 Å². The van der Waals surface area contributed by atoms with Gasteiger partial charge in [0.05, 0.1) is 0 Å². The molecule has 2 aromatic rings. The van der Waals surface area contributed by atoms with E-state index in [2.05, 4.69) is 0 Å². The molecule has 1 N–H and O–H groups in total. The molecule has 1 heterocycles. The maximum atomic E-state index is 10.9. The molecule has 0 aliphatic carbocycles. The topological polar surface area (TPSA) is 42.2 Å². The van der Waals surface area contributed by atoms with E-state index in [9.17, 15) is 4.21 Å². The molecular formula is C9H9NO2S. The molecule has 0 radical (unpaired) electrons. The molecule has 1 aromatic carbocycles. The van der Waals surface area contributed by atoms with Gasteiger partial charge in [-0.15, -0.1) is 0 Å². The lowest BCUT2D eigenvalue weighted by molar-refractivity contribution is 0.555. The Kier molecular flexibility index (Phi) is 1.94. The Morgan fingerprint density at radius 1 is 1.38 bits per heavy atom. The third-order valence-corrected chi connectivity index (χ3v) is 2.84. The first-order chi connectivity index (χ1) is 6.20. The minimum Gasteiger partial charge on any atom is -0.335 e. The summed E-state index contributed by atoms with van der Waals surface area (Å²) in [7, 11) is 1.78. The highest BCUT2D eigenvalue weighted by molar-refractivity contribution is 7.79. The average molecular weight is 195 g/mol. The second-order valence-electron chi connectivity index (χ2n) is 2.85. The van der Waals surface area contributed by atoms with E-state index < -0.39 is 11.1 Å². The van der Waals surface area contributed by atoms with Crippen LogP contribution in [-0.2, 0) is 18.1 Å². The highest BCUT2D eigenvalue weighted by atomic mass is 32.2. The predicted molar refractivity (Wildman–Crippen MR) is 52.0 cm³/mol. The van der Waals surface area contributed by atoms with Gasteiger partial charge in [-0.1, -0.05) is 18.2 Å². The van der Waals surface area contributed by atoms with Gasteiger partial charge in [-0.25, -0.2) is 4.21 Å². The van der Waals surface area contributed by atoms with Gasteiger partial charge < -0.3 is 9.12 Å². The smallest absolute Gasteiger partial charge is 0.203 e. The van der Waals surface area contributed by atoms with Crippen molar-refractivity contribution in [3.05, 3.63) is 30.3 Å². The molecule has 0 saturated heterocycles. The zero-order chi connectivity index (χ0) is 9.42. The zero-order valence-corrected chi connectivity index (χ0v) is 7.91. The largest absolute Gasteiger partial charge is 0.335 e. The first-order valence-corrected chi connectivity index (χ1v) is 4.96. The van der Waals surface area contributed by atoms with Crippen molar-refractivity contribution in [2.75, 3.05) is 0 Å². The molecule has 0 fully saturated rings. The van der Waals surface area contributed by atoms with Crippen molar-refractivity contribution in [2.24, 2.45) is 7.05 Å². The quantitative estimate of drug-likeness (QED) is 0.704. The van der Waals surface area contributed by atoms with Gasteiger partial charge in [0.1, 0.15) is 5.03 Å². The molecule has 13 heavy (non-hydrogen) atoms. The summed E-state index contributed by atoms with van der Waals surface area (Å²) in [5.74, 6) is 0. The second-order valence-corrected chi connectivity index (χ2v) is 3.77. The van der Waals surface area contributed by atoms with Crippen molar-refractivity contribution in [3.8, 4) is 0 Å². The standard InChI is InChI=1S/C9H9NO2S/c1-10-8-5-3-2-4-7(8)6-9(10)13(11)12/h2-6H,1H3,(H,11,12). The van der Waals surface area contributed by atoms with Crippen LogP contribution in [0.25, 0.3) is 10.9 Å². The highest BCUT2D eigenvalue weighted by Crippen LogP contribution is 2.19. The molecule has 4 heteroatoms. The molecule has 2 rings (SSSR count). The van der Waals surface area contributed by atoms with Gasteiger partial charge >= 0.3 is 0 Å². The normalized spacial score (nSPS) is 13.4. The number of fused-ring (bicyclic) bond motifs is 1. The van der Waals surface area contributed by atoms with Crippen molar-refractivity contribution in [2.45, 2.75) is 5.03 Å². The van der Waals surface area contributed by atoms with Crippen molar-refractivity contribution in [1.82, 2.24) is 4.57 Å². The Hall–Kier alpha value is -1.13. The van der Waals surface area contributed by atoms with Gasteiger partial charge in [-0.3, -0.25) is 0 Å². The van der Waals surface area contributed by atoms with Crippen LogP contribution in [-0.4, -0.2) is 13.3 Å². The van der Waals surface area contributed by atoms with Gasteiger partial charge in [-0.05, 0) is 12.1 Å². The number of benzene rings is 1. The summed E-state index contributed by atoms with van der Waals surface area (Å²) in [6, 6.07) is 9.39. The van der Waals surface area contributed by atoms with Crippen LogP contribution in [0.5, 0.6) is 0 Å². The maximum Gasteiger partial charge on any atom is 0.203 e. The molecular weight excluding hydrogens is 186 g/mol. The van der Waals surface area contributed by atoms with Gasteiger partial charge in [-0.2, -0.15) is 0 Å². The van der Waals surface area contributed by atoms with E-state index in [1.54, 1.807) is 17.7 Å². The summed E-state index contributed by atoms with van der Waals surface area (Å²) in [6.07, 6.45) is 0. The lowest BCUT2D eigenvalue weighted by Crippen LogP contribution is -1.97. The molecule has 0 spiro atoms. The molecule has 0 aliphatic heterocycles. The number of aromatic nitrogens is 1. The fourth-order valence-corrected chi connectivity index (χ4v) is 1.99. The van der Waals surface area contributed by atoms with Gasteiger partial charge in [0, 0.05) is 18.0 Å². The Morgan fingerprint density at radius 2 is 2.08 bits per heavy atom. The Balaban J connectivity index is 2.81. The van der Waals surface area contributed by atoms with Crippen molar-refractivity contribution in [3.63, 3.8) is 0 Å². The van der Waals surface area contributed by atoms with E-state index in [1.807, 2.05) is 24.3 Å². The number of hydrogen-bond acceptors (Lipinski definition) is 1. The van der Waals surface area contributed by atoms with E-state index in [0.29, 0.717) is 5.03 Å². The van der Waals surface area contributed by atoms with E-state index in [4.69, 9.17) is 4.55 Å². The molecule has 1 unspecified atom stereocenters. The van der Waals surface area contributed by atoms with E-state index in [1.165, 1.54) is 0 Å². The molecule has 0 amide bonds. The fraction of sp³-hybridized carbons (Fsp3) is 0.111. The van der Waals surface area contributed by atoms with Gasteiger partial charge in [0.25, 0.3) is 0 Å². The lowest BCUT2D eigenvalue weighted by atomic mass is 10.2.